The van der Waals surface area contributed by atoms with E-state index in [0.717, 1.165) is 11.8 Å². The van der Waals surface area contributed by atoms with E-state index >= 15 is 0 Å². The molecule has 126 valence electrons. The minimum absolute atomic E-state index is 0. The quantitative estimate of drug-likeness (QED) is 0.390. The van der Waals surface area contributed by atoms with Crippen molar-refractivity contribution in [2.24, 2.45) is 9.98 Å². The second kappa shape index (κ2) is 9.22. The van der Waals surface area contributed by atoms with E-state index < -0.39 is 33.7 Å². The van der Waals surface area contributed by atoms with Gasteiger partial charge in [0.25, 0.3) is 20.6 Å². The van der Waals surface area contributed by atoms with Crippen LogP contribution in [0.25, 0.3) is 0 Å². The summed E-state index contributed by atoms with van der Waals surface area (Å²) in [6.07, 6.45) is -0.866. The van der Waals surface area contributed by atoms with Crippen LogP contribution in [-0.4, -0.2) is 88.3 Å². The Balaban J connectivity index is 0. The third-order valence-electron chi connectivity index (χ3n) is 2.48. The zero-order valence-electron chi connectivity index (χ0n) is 13.8. The molecule has 0 saturated heterocycles. The fourth-order valence-corrected chi connectivity index (χ4v) is 3.52. The van der Waals surface area contributed by atoms with Gasteiger partial charge >= 0.3 is 35.0 Å². The zero-order chi connectivity index (χ0) is 16.2. The first-order valence-corrected chi connectivity index (χ1v) is 9.57. The van der Waals surface area contributed by atoms with Crippen molar-refractivity contribution in [2.45, 2.75) is 11.7 Å². The molecule has 0 saturated carbocycles. The molecule has 0 bridgehead atoms. The average Bonchev–Trinajstić information content (AvgIpc) is 3.08. The maximum Gasteiger partial charge on any atom is 2.00 e. The first-order chi connectivity index (χ1) is 10.4. The van der Waals surface area contributed by atoms with E-state index in [1.54, 1.807) is 0 Å². The number of nitrogens with zero attached hydrogens (tertiary/aromatic N) is 2. The molecular formula is C10H14MgN2O7S3. The minimum atomic E-state index is -4.82. The summed E-state index contributed by atoms with van der Waals surface area (Å²) in [6.45, 7) is 0.941. The van der Waals surface area contributed by atoms with Crippen LogP contribution < -0.4 is 0 Å². The number of hydrogen-bond donors (Lipinski definition) is 1. The van der Waals surface area contributed by atoms with Gasteiger partial charge in [0.05, 0.1) is 19.5 Å². The summed E-state index contributed by atoms with van der Waals surface area (Å²) in [6, 6.07) is 0. The van der Waals surface area contributed by atoms with Crippen LogP contribution in [0.5, 0.6) is 0 Å². The van der Waals surface area contributed by atoms with Crippen molar-refractivity contribution in [3.05, 3.63) is 0 Å². The second-order valence-corrected chi connectivity index (χ2v) is 7.79. The maximum absolute atomic E-state index is 11.8. The van der Waals surface area contributed by atoms with Gasteiger partial charge in [0, 0.05) is 11.5 Å². The van der Waals surface area contributed by atoms with Crippen LogP contribution in [0.15, 0.2) is 9.98 Å². The van der Waals surface area contributed by atoms with Crippen molar-refractivity contribution in [3.8, 4) is 0 Å². The Hall–Kier alpha value is -0.344. The van der Waals surface area contributed by atoms with Crippen molar-refractivity contribution >= 4 is 79.1 Å². The Morgan fingerprint density at radius 1 is 1.17 bits per heavy atom. The molecule has 2 aliphatic rings. The number of carbonyl (C=O) groups is 2. The van der Waals surface area contributed by atoms with Gasteiger partial charge in [-0.15, -0.1) is 0 Å². The predicted molar refractivity (Wildman–Crippen MR) is 89.6 cm³/mol. The Morgan fingerprint density at radius 2 is 1.70 bits per heavy atom. The van der Waals surface area contributed by atoms with E-state index in [1.165, 1.54) is 11.8 Å². The van der Waals surface area contributed by atoms with Crippen molar-refractivity contribution in [3.63, 3.8) is 0 Å². The molecule has 2 rings (SSSR count). The summed E-state index contributed by atoms with van der Waals surface area (Å²) in [7, 11) is -4.82. The fourth-order valence-electron chi connectivity index (χ4n) is 1.51. The molecule has 1 N–H and O–H groups in total. The molecule has 0 fully saturated rings. The summed E-state index contributed by atoms with van der Waals surface area (Å²) < 4.78 is 41.3. The Labute approximate surface area is 159 Å². The van der Waals surface area contributed by atoms with Gasteiger partial charge in [0.1, 0.15) is 0 Å². The smallest absolute Gasteiger partial charge is 1.00 e. The molecular weight excluding hydrogens is 381 g/mol. The number of ether oxygens (including phenoxy) is 2. The number of carbonyl (C=O) groups excluding carboxylic acids is 2. The number of aliphatic imine (C=N–C) groups is 2. The standard InChI is InChI=1S/C10H12N2O7S3.Mg.2H/c13-7(18-9-11-1-3-20-9)5-6(22(15,16)17)8(14)19-10-12-2-4-21-10;;;/h6H,1-5H2,(H,15,16,17);;;/q;+2;2*-1. The molecule has 0 aliphatic carbocycles. The minimum Gasteiger partial charge on any atom is -1.00 e. The zero-order valence-corrected chi connectivity index (χ0v) is 15.7. The summed E-state index contributed by atoms with van der Waals surface area (Å²) >= 11 is 2.33. The Morgan fingerprint density at radius 3 is 2.13 bits per heavy atom. The Bertz CT molecular complexity index is 644. The number of hydrogen-bond acceptors (Lipinski definition) is 10. The second-order valence-electron chi connectivity index (χ2n) is 4.10. The van der Waals surface area contributed by atoms with Gasteiger partial charge in [-0.05, 0) is 0 Å². The summed E-state index contributed by atoms with van der Waals surface area (Å²) in [4.78, 5) is 31.2. The van der Waals surface area contributed by atoms with Crippen molar-refractivity contribution in [1.82, 2.24) is 0 Å². The molecule has 0 spiro atoms. The van der Waals surface area contributed by atoms with Gasteiger partial charge in [-0.25, -0.2) is 9.98 Å². The average molecular weight is 395 g/mol. The van der Waals surface area contributed by atoms with E-state index in [-0.39, 0.29) is 36.4 Å². The normalized spacial score (nSPS) is 18.5. The largest absolute Gasteiger partial charge is 2.00 e. The third-order valence-corrected chi connectivity index (χ3v) is 5.25. The van der Waals surface area contributed by atoms with Crippen LogP contribution in [0.4, 0.5) is 0 Å². The van der Waals surface area contributed by atoms with Crippen LogP contribution in [-0.2, 0) is 29.2 Å². The molecule has 1 unspecified atom stereocenters. The molecule has 0 aromatic rings. The van der Waals surface area contributed by atoms with E-state index in [2.05, 4.69) is 9.98 Å². The maximum atomic E-state index is 11.8. The molecule has 0 aromatic heterocycles. The predicted octanol–water partition coefficient (Wildman–Crippen LogP) is -0.231. The number of rotatable bonds is 4. The third kappa shape index (κ3) is 6.58. The molecule has 13 heteroatoms. The first kappa shape index (κ1) is 20.7. The van der Waals surface area contributed by atoms with E-state index in [1.807, 2.05) is 0 Å². The van der Waals surface area contributed by atoms with Crippen LogP contribution in [0.1, 0.15) is 9.27 Å². The molecule has 0 aromatic carbocycles. The molecule has 2 heterocycles. The molecule has 2 aliphatic heterocycles. The molecule has 1 atom stereocenters. The van der Waals surface area contributed by atoms with Crippen LogP contribution in [0, 0.1) is 0 Å². The Kier molecular flexibility index (Phi) is 8.30. The van der Waals surface area contributed by atoms with Gasteiger partial charge in [-0.1, -0.05) is 23.5 Å². The summed E-state index contributed by atoms with van der Waals surface area (Å²) in [5, 5.41) is -1.93. The van der Waals surface area contributed by atoms with Crippen LogP contribution in [0.3, 0.4) is 0 Å². The summed E-state index contributed by atoms with van der Waals surface area (Å²) in [5.41, 5.74) is 0. The van der Waals surface area contributed by atoms with Crippen LogP contribution >= 0.6 is 23.5 Å². The topological polar surface area (TPSA) is 132 Å². The van der Waals surface area contributed by atoms with Gasteiger partial charge in [-0.2, -0.15) is 8.42 Å². The SMILES string of the molecule is O=C(CC(C(=O)OC1=NCCS1)S(=O)(=O)O)OC1=NCCS1.[H-].[H-].[Mg+2]. The number of thioether (sulfide) groups is 2. The van der Waals surface area contributed by atoms with Gasteiger partial charge < -0.3 is 12.3 Å². The van der Waals surface area contributed by atoms with Gasteiger partial charge in [0.2, 0.25) is 0 Å². The summed E-state index contributed by atoms with van der Waals surface area (Å²) in [5.74, 6) is -0.996. The molecule has 23 heavy (non-hydrogen) atoms. The fraction of sp³-hybridized carbons (Fsp3) is 0.600. The van der Waals surface area contributed by atoms with E-state index in [9.17, 15) is 18.0 Å². The van der Waals surface area contributed by atoms with E-state index in [4.69, 9.17) is 14.0 Å². The van der Waals surface area contributed by atoms with E-state index in [0.29, 0.717) is 24.6 Å². The van der Waals surface area contributed by atoms with Gasteiger partial charge in [0.15, 0.2) is 5.25 Å². The first-order valence-electron chi connectivity index (χ1n) is 6.09. The van der Waals surface area contributed by atoms with Gasteiger partial charge in [-0.3, -0.25) is 14.1 Å². The van der Waals surface area contributed by atoms with Crippen molar-refractivity contribution < 1.29 is 34.9 Å². The molecule has 0 radical (unpaired) electrons. The number of esters is 2. The van der Waals surface area contributed by atoms with Crippen LogP contribution in [0.2, 0.25) is 0 Å². The molecule has 0 amide bonds. The van der Waals surface area contributed by atoms with Crippen molar-refractivity contribution in [1.29, 1.82) is 0 Å². The molecule has 9 nitrogen and oxygen atoms in total. The van der Waals surface area contributed by atoms with Crippen molar-refractivity contribution in [2.75, 3.05) is 24.6 Å². The monoisotopic (exact) mass is 394 g/mol.